The number of nitrogens with one attached hydrogen (secondary N) is 1. The fourth-order valence-corrected chi connectivity index (χ4v) is 3.17. The lowest BCUT2D eigenvalue weighted by atomic mass is 9.90. The predicted octanol–water partition coefficient (Wildman–Crippen LogP) is 2.75. The SMILES string of the molecule is CC(C)c1nnc(CNC(=O)c2ccc3c(c2)CCCC3)n1C. The molecule has 0 saturated carbocycles. The summed E-state index contributed by atoms with van der Waals surface area (Å²) in [5.41, 5.74) is 3.45. The van der Waals surface area contributed by atoms with Crippen molar-refractivity contribution in [1.82, 2.24) is 20.1 Å². The van der Waals surface area contributed by atoms with Crippen molar-refractivity contribution in [3.63, 3.8) is 0 Å². The molecule has 1 aromatic heterocycles. The topological polar surface area (TPSA) is 59.8 Å². The summed E-state index contributed by atoms with van der Waals surface area (Å²) < 4.78 is 1.96. The number of rotatable bonds is 4. The van der Waals surface area contributed by atoms with Gasteiger partial charge in [-0.15, -0.1) is 10.2 Å². The van der Waals surface area contributed by atoms with E-state index in [0.717, 1.165) is 30.1 Å². The van der Waals surface area contributed by atoms with Crippen LogP contribution in [0.15, 0.2) is 18.2 Å². The molecule has 1 N–H and O–H groups in total. The van der Waals surface area contributed by atoms with Crippen molar-refractivity contribution < 1.29 is 4.79 Å². The lowest BCUT2D eigenvalue weighted by Gasteiger charge is -2.16. The molecular formula is C18H24N4O. The molecule has 1 aliphatic carbocycles. The molecule has 23 heavy (non-hydrogen) atoms. The quantitative estimate of drug-likeness (QED) is 0.944. The lowest BCUT2D eigenvalue weighted by molar-refractivity contribution is 0.0949. The fourth-order valence-electron chi connectivity index (χ4n) is 3.17. The third-order valence-electron chi connectivity index (χ3n) is 4.53. The minimum absolute atomic E-state index is 0.0486. The number of aryl methyl sites for hydroxylation is 2. The summed E-state index contributed by atoms with van der Waals surface area (Å²) in [6, 6.07) is 6.07. The summed E-state index contributed by atoms with van der Waals surface area (Å²) in [7, 11) is 1.94. The van der Waals surface area contributed by atoms with Gasteiger partial charge in [0.2, 0.25) is 0 Å². The van der Waals surface area contributed by atoms with Crippen molar-refractivity contribution >= 4 is 5.91 Å². The number of amides is 1. The Morgan fingerprint density at radius 3 is 2.65 bits per heavy atom. The highest BCUT2D eigenvalue weighted by Crippen LogP contribution is 2.22. The Morgan fingerprint density at radius 1 is 1.22 bits per heavy atom. The molecule has 0 unspecified atom stereocenters. The maximum atomic E-state index is 12.4. The van der Waals surface area contributed by atoms with Crippen LogP contribution in [0.2, 0.25) is 0 Å². The van der Waals surface area contributed by atoms with E-state index in [1.165, 1.54) is 24.0 Å². The van der Waals surface area contributed by atoms with E-state index >= 15 is 0 Å². The smallest absolute Gasteiger partial charge is 0.251 e. The summed E-state index contributed by atoms with van der Waals surface area (Å²) in [5.74, 6) is 1.98. The van der Waals surface area contributed by atoms with E-state index in [-0.39, 0.29) is 5.91 Å². The second-order valence-electron chi connectivity index (χ2n) is 6.56. The molecule has 1 amide bonds. The highest BCUT2D eigenvalue weighted by molar-refractivity contribution is 5.94. The Morgan fingerprint density at radius 2 is 1.96 bits per heavy atom. The van der Waals surface area contributed by atoms with Crippen molar-refractivity contribution in [2.45, 2.75) is 52.0 Å². The van der Waals surface area contributed by atoms with Crippen molar-refractivity contribution in [2.75, 3.05) is 0 Å². The standard InChI is InChI=1S/C18H24N4O/c1-12(2)17-21-20-16(22(17)3)11-19-18(23)15-9-8-13-6-4-5-7-14(13)10-15/h8-10,12H,4-7,11H2,1-3H3,(H,19,23). The van der Waals surface area contributed by atoms with Gasteiger partial charge in [0.05, 0.1) is 6.54 Å². The maximum Gasteiger partial charge on any atom is 0.251 e. The molecule has 2 aromatic rings. The fraction of sp³-hybridized carbons (Fsp3) is 0.500. The molecule has 0 atom stereocenters. The molecule has 1 heterocycles. The number of nitrogens with zero attached hydrogens (tertiary/aromatic N) is 3. The number of hydrogen-bond acceptors (Lipinski definition) is 3. The van der Waals surface area contributed by atoms with Crippen LogP contribution >= 0.6 is 0 Å². The van der Waals surface area contributed by atoms with Crippen LogP contribution in [0.4, 0.5) is 0 Å². The van der Waals surface area contributed by atoms with Gasteiger partial charge in [0.25, 0.3) is 5.91 Å². The first-order valence-corrected chi connectivity index (χ1v) is 8.34. The average molecular weight is 312 g/mol. The third-order valence-corrected chi connectivity index (χ3v) is 4.53. The second kappa shape index (κ2) is 6.52. The summed E-state index contributed by atoms with van der Waals surface area (Å²) >= 11 is 0. The summed E-state index contributed by atoms with van der Waals surface area (Å²) in [4.78, 5) is 12.4. The number of hydrogen-bond donors (Lipinski definition) is 1. The molecule has 1 aliphatic rings. The molecule has 5 nitrogen and oxygen atoms in total. The van der Waals surface area contributed by atoms with Gasteiger partial charge in [-0.3, -0.25) is 4.79 Å². The molecule has 122 valence electrons. The van der Waals surface area contributed by atoms with Gasteiger partial charge in [-0.1, -0.05) is 19.9 Å². The highest BCUT2D eigenvalue weighted by Gasteiger charge is 2.15. The molecule has 0 aliphatic heterocycles. The molecule has 3 rings (SSSR count). The zero-order valence-corrected chi connectivity index (χ0v) is 14.1. The van der Waals surface area contributed by atoms with Gasteiger partial charge < -0.3 is 9.88 Å². The Kier molecular flexibility index (Phi) is 4.46. The number of aromatic nitrogens is 3. The number of benzene rings is 1. The van der Waals surface area contributed by atoms with E-state index in [1.54, 1.807) is 0 Å². The first kappa shape index (κ1) is 15.7. The molecule has 5 heteroatoms. The zero-order chi connectivity index (χ0) is 16.4. The summed E-state index contributed by atoms with van der Waals surface area (Å²) in [5, 5.41) is 11.3. The van der Waals surface area contributed by atoms with Crippen LogP contribution in [-0.2, 0) is 26.4 Å². The maximum absolute atomic E-state index is 12.4. The van der Waals surface area contributed by atoms with Gasteiger partial charge in [-0.05, 0) is 48.9 Å². The van der Waals surface area contributed by atoms with E-state index in [9.17, 15) is 4.79 Å². The zero-order valence-electron chi connectivity index (χ0n) is 14.1. The van der Waals surface area contributed by atoms with E-state index < -0.39 is 0 Å². The van der Waals surface area contributed by atoms with Gasteiger partial charge in [-0.2, -0.15) is 0 Å². The molecule has 0 spiro atoms. The van der Waals surface area contributed by atoms with Crippen LogP contribution in [0.3, 0.4) is 0 Å². The normalized spacial score (nSPS) is 13.9. The van der Waals surface area contributed by atoms with Crippen LogP contribution in [0.5, 0.6) is 0 Å². The second-order valence-corrected chi connectivity index (χ2v) is 6.56. The summed E-state index contributed by atoms with van der Waals surface area (Å²) in [6.07, 6.45) is 4.68. The van der Waals surface area contributed by atoms with Gasteiger partial charge in [0.1, 0.15) is 5.82 Å². The van der Waals surface area contributed by atoms with Gasteiger partial charge in [0, 0.05) is 18.5 Å². The number of carbonyl (C=O) groups is 1. The van der Waals surface area contributed by atoms with Crippen LogP contribution < -0.4 is 5.32 Å². The van der Waals surface area contributed by atoms with Crippen LogP contribution in [0.25, 0.3) is 0 Å². The highest BCUT2D eigenvalue weighted by atomic mass is 16.1. The summed E-state index contributed by atoms with van der Waals surface area (Å²) in [6.45, 7) is 4.56. The van der Waals surface area contributed by atoms with E-state index in [2.05, 4.69) is 35.4 Å². The van der Waals surface area contributed by atoms with Crippen molar-refractivity contribution in [2.24, 2.45) is 7.05 Å². The first-order valence-electron chi connectivity index (χ1n) is 8.34. The van der Waals surface area contributed by atoms with Gasteiger partial charge in [0.15, 0.2) is 5.82 Å². The number of fused-ring (bicyclic) bond motifs is 1. The van der Waals surface area contributed by atoms with Crippen LogP contribution in [0, 0.1) is 0 Å². The Hall–Kier alpha value is -2.17. The molecule has 0 radical (unpaired) electrons. The Labute approximate surface area is 137 Å². The van der Waals surface area contributed by atoms with E-state index in [0.29, 0.717) is 12.5 Å². The van der Waals surface area contributed by atoms with Gasteiger partial charge in [-0.25, -0.2) is 0 Å². The Balaban J connectivity index is 1.68. The van der Waals surface area contributed by atoms with Crippen molar-refractivity contribution in [1.29, 1.82) is 0 Å². The lowest BCUT2D eigenvalue weighted by Crippen LogP contribution is -2.25. The average Bonchev–Trinajstić information content (AvgIpc) is 2.93. The van der Waals surface area contributed by atoms with Crippen molar-refractivity contribution in [3.8, 4) is 0 Å². The molecule has 0 fully saturated rings. The molecule has 1 aromatic carbocycles. The Bertz CT molecular complexity index is 718. The third kappa shape index (κ3) is 3.28. The predicted molar refractivity (Wildman–Crippen MR) is 89.3 cm³/mol. The first-order chi connectivity index (χ1) is 11.1. The van der Waals surface area contributed by atoms with Crippen LogP contribution in [0.1, 0.15) is 65.7 Å². The largest absolute Gasteiger partial charge is 0.345 e. The van der Waals surface area contributed by atoms with Crippen molar-refractivity contribution in [3.05, 3.63) is 46.5 Å². The molecular weight excluding hydrogens is 288 g/mol. The minimum atomic E-state index is -0.0486. The van der Waals surface area contributed by atoms with Crippen LogP contribution in [-0.4, -0.2) is 20.7 Å². The molecule has 0 saturated heterocycles. The monoisotopic (exact) mass is 312 g/mol. The molecule has 0 bridgehead atoms. The van der Waals surface area contributed by atoms with E-state index in [1.807, 2.05) is 23.7 Å². The number of carbonyl (C=O) groups excluding carboxylic acids is 1. The van der Waals surface area contributed by atoms with Gasteiger partial charge >= 0.3 is 0 Å². The van der Waals surface area contributed by atoms with E-state index in [4.69, 9.17) is 0 Å². The minimum Gasteiger partial charge on any atom is -0.345 e.